The average molecular weight is 163 g/mol. The van der Waals surface area contributed by atoms with E-state index in [1.807, 2.05) is 26.2 Å². The first-order valence-corrected chi connectivity index (χ1v) is 3.88. The van der Waals surface area contributed by atoms with Crippen LogP contribution < -0.4 is 0 Å². The molecule has 0 spiro atoms. The number of hydrogen-bond acceptors (Lipinski definition) is 2. The van der Waals surface area contributed by atoms with Gasteiger partial charge < -0.3 is 9.32 Å². The van der Waals surface area contributed by atoms with E-state index in [0.717, 1.165) is 18.1 Å². The average Bonchev–Trinajstić information content (AvgIpc) is 2.36. The van der Waals surface area contributed by atoms with Gasteiger partial charge in [-0.25, -0.2) is 0 Å². The maximum atomic E-state index is 5.42. The molecule has 0 bridgehead atoms. The van der Waals surface area contributed by atoms with Crippen LogP contribution in [0.15, 0.2) is 16.5 Å². The predicted molar refractivity (Wildman–Crippen MR) is 48.7 cm³/mol. The van der Waals surface area contributed by atoms with E-state index in [2.05, 4.69) is 16.7 Å². The van der Waals surface area contributed by atoms with Gasteiger partial charge in [-0.1, -0.05) is 5.92 Å². The first-order valence-electron chi connectivity index (χ1n) is 3.88. The first-order chi connectivity index (χ1) is 5.72. The fourth-order valence-corrected chi connectivity index (χ4v) is 0.965. The summed E-state index contributed by atoms with van der Waals surface area (Å²) in [6.07, 6.45) is 0. The van der Waals surface area contributed by atoms with E-state index in [-0.39, 0.29) is 0 Å². The molecule has 0 N–H and O–H groups in total. The predicted octanol–water partition coefficient (Wildman–Crippen LogP) is 1.71. The minimum atomic E-state index is 0.745. The summed E-state index contributed by atoms with van der Waals surface area (Å²) in [4.78, 5) is 2.06. The van der Waals surface area contributed by atoms with Crippen molar-refractivity contribution in [2.24, 2.45) is 0 Å². The maximum Gasteiger partial charge on any atom is 0.177 e. The minimum absolute atomic E-state index is 0.745. The second-order valence-corrected chi connectivity index (χ2v) is 2.88. The van der Waals surface area contributed by atoms with Crippen molar-refractivity contribution in [3.05, 3.63) is 23.7 Å². The topological polar surface area (TPSA) is 16.4 Å². The zero-order valence-corrected chi connectivity index (χ0v) is 7.72. The fourth-order valence-electron chi connectivity index (χ4n) is 0.965. The van der Waals surface area contributed by atoms with Gasteiger partial charge in [0.15, 0.2) is 5.76 Å². The van der Waals surface area contributed by atoms with Gasteiger partial charge in [-0.2, -0.15) is 0 Å². The van der Waals surface area contributed by atoms with Gasteiger partial charge in [0.1, 0.15) is 5.76 Å². The van der Waals surface area contributed by atoms with E-state index in [4.69, 9.17) is 4.42 Å². The van der Waals surface area contributed by atoms with Crippen LogP contribution in [0.5, 0.6) is 0 Å². The number of furan rings is 1. The zero-order chi connectivity index (χ0) is 8.97. The van der Waals surface area contributed by atoms with Crippen molar-refractivity contribution in [1.82, 2.24) is 4.90 Å². The highest BCUT2D eigenvalue weighted by atomic mass is 16.3. The molecule has 1 rings (SSSR count). The molecule has 0 saturated heterocycles. The Kier molecular flexibility index (Phi) is 2.95. The van der Waals surface area contributed by atoms with Crippen LogP contribution in [0, 0.1) is 11.8 Å². The van der Waals surface area contributed by atoms with Crippen molar-refractivity contribution in [2.75, 3.05) is 14.1 Å². The molecule has 0 aliphatic carbocycles. The van der Waals surface area contributed by atoms with Gasteiger partial charge in [0.25, 0.3) is 0 Å². The van der Waals surface area contributed by atoms with E-state index in [9.17, 15) is 0 Å². The van der Waals surface area contributed by atoms with Gasteiger partial charge in [-0.3, -0.25) is 0 Å². The summed E-state index contributed by atoms with van der Waals surface area (Å²) >= 11 is 0. The first kappa shape index (κ1) is 8.89. The van der Waals surface area contributed by atoms with Crippen LogP contribution in [0.25, 0.3) is 0 Å². The zero-order valence-electron chi connectivity index (χ0n) is 7.72. The van der Waals surface area contributed by atoms with Crippen molar-refractivity contribution in [1.29, 1.82) is 0 Å². The lowest BCUT2D eigenvalue weighted by atomic mass is 10.4. The summed E-state index contributed by atoms with van der Waals surface area (Å²) in [5.41, 5.74) is 0. The van der Waals surface area contributed by atoms with Gasteiger partial charge in [-0.05, 0) is 39.1 Å². The normalized spacial score (nSPS) is 9.67. The Bertz CT molecular complexity index is 301. The van der Waals surface area contributed by atoms with Crippen LogP contribution in [0.3, 0.4) is 0 Å². The number of hydrogen-bond donors (Lipinski definition) is 0. The van der Waals surface area contributed by atoms with Crippen molar-refractivity contribution in [3.63, 3.8) is 0 Å². The minimum Gasteiger partial charge on any atom is -0.451 e. The summed E-state index contributed by atoms with van der Waals surface area (Å²) in [6, 6.07) is 3.86. The fraction of sp³-hybridized carbons (Fsp3) is 0.400. The summed E-state index contributed by atoms with van der Waals surface area (Å²) in [5, 5.41) is 0. The third kappa shape index (κ3) is 2.44. The standard InChI is InChI=1S/C10H13NO/c1-4-5-9-6-7-10(12-9)8-11(2)3/h6-7H,8H2,1-3H3. The van der Waals surface area contributed by atoms with Crippen LogP contribution in [0.4, 0.5) is 0 Å². The lowest BCUT2D eigenvalue weighted by molar-refractivity contribution is 0.348. The van der Waals surface area contributed by atoms with Gasteiger partial charge in [0.2, 0.25) is 0 Å². The Morgan fingerprint density at radius 1 is 1.42 bits per heavy atom. The third-order valence-corrected chi connectivity index (χ3v) is 1.38. The Morgan fingerprint density at radius 3 is 2.75 bits per heavy atom. The smallest absolute Gasteiger partial charge is 0.177 e. The molecule has 2 heteroatoms. The van der Waals surface area contributed by atoms with Gasteiger partial charge >= 0.3 is 0 Å². The van der Waals surface area contributed by atoms with Crippen LogP contribution in [0.2, 0.25) is 0 Å². The third-order valence-electron chi connectivity index (χ3n) is 1.38. The Hall–Kier alpha value is -1.20. The molecule has 0 radical (unpaired) electrons. The second kappa shape index (κ2) is 3.99. The molecular weight excluding hydrogens is 150 g/mol. The molecule has 0 amide bonds. The van der Waals surface area contributed by atoms with E-state index < -0.39 is 0 Å². The van der Waals surface area contributed by atoms with Crippen molar-refractivity contribution in [2.45, 2.75) is 13.5 Å². The lowest BCUT2D eigenvalue weighted by Crippen LogP contribution is -2.09. The van der Waals surface area contributed by atoms with Crippen LogP contribution in [-0.2, 0) is 6.54 Å². The van der Waals surface area contributed by atoms with Crippen LogP contribution in [0.1, 0.15) is 18.4 Å². The molecule has 0 aliphatic heterocycles. The van der Waals surface area contributed by atoms with Crippen molar-refractivity contribution < 1.29 is 4.42 Å². The quantitative estimate of drug-likeness (QED) is 0.617. The lowest BCUT2D eigenvalue weighted by Gasteiger charge is -2.04. The summed E-state index contributed by atoms with van der Waals surface area (Å²) in [6.45, 7) is 2.62. The molecule has 64 valence electrons. The highest BCUT2D eigenvalue weighted by Gasteiger charge is 1.99. The van der Waals surface area contributed by atoms with Crippen molar-refractivity contribution in [3.8, 4) is 11.8 Å². The molecule has 1 heterocycles. The highest BCUT2D eigenvalue weighted by molar-refractivity contribution is 5.25. The van der Waals surface area contributed by atoms with E-state index in [1.165, 1.54) is 0 Å². The van der Waals surface area contributed by atoms with Crippen LogP contribution >= 0.6 is 0 Å². The molecule has 0 fully saturated rings. The molecule has 0 atom stereocenters. The molecule has 0 unspecified atom stereocenters. The van der Waals surface area contributed by atoms with E-state index >= 15 is 0 Å². The summed E-state index contributed by atoms with van der Waals surface area (Å²) in [5.74, 6) is 7.36. The van der Waals surface area contributed by atoms with Gasteiger partial charge in [0, 0.05) is 0 Å². The molecule has 2 nitrogen and oxygen atoms in total. The molecule has 0 aliphatic rings. The SMILES string of the molecule is CC#Cc1ccc(CN(C)C)o1. The monoisotopic (exact) mass is 163 g/mol. The van der Waals surface area contributed by atoms with Crippen LogP contribution in [-0.4, -0.2) is 19.0 Å². The molecule has 0 aromatic carbocycles. The molecule has 12 heavy (non-hydrogen) atoms. The number of nitrogens with zero attached hydrogens (tertiary/aromatic N) is 1. The highest BCUT2D eigenvalue weighted by Crippen LogP contribution is 2.07. The van der Waals surface area contributed by atoms with E-state index in [0.29, 0.717) is 0 Å². The molecule has 1 aromatic rings. The Labute approximate surface area is 73.2 Å². The van der Waals surface area contributed by atoms with Gasteiger partial charge in [0.05, 0.1) is 6.54 Å². The molecule has 0 saturated carbocycles. The maximum absolute atomic E-state index is 5.42. The second-order valence-electron chi connectivity index (χ2n) is 2.88. The Morgan fingerprint density at radius 2 is 2.17 bits per heavy atom. The summed E-state index contributed by atoms with van der Waals surface area (Å²) in [7, 11) is 4.02. The van der Waals surface area contributed by atoms with Gasteiger partial charge in [-0.15, -0.1) is 0 Å². The van der Waals surface area contributed by atoms with Crippen molar-refractivity contribution >= 4 is 0 Å². The largest absolute Gasteiger partial charge is 0.451 e. The molecular formula is C10H13NO. The number of rotatable bonds is 2. The molecule has 1 aromatic heterocycles. The summed E-state index contributed by atoms with van der Waals surface area (Å²) < 4.78 is 5.42. The van der Waals surface area contributed by atoms with E-state index in [1.54, 1.807) is 6.92 Å². The Balaban J connectivity index is 2.68.